The molecular formula is C18H30N2. The van der Waals surface area contributed by atoms with Crippen molar-refractivity contribution in [2.45, 2.75) is 59.0 Å². The zero-order valence-corrected chi connectivity index (χ0v) is 13.6. The lowest BCUT2D eigenvalue weighted by molar-refractivity contribution is 0.393. The first-order chi connectivity index (χ1) is 9.49. The molecule has 2 nitrogen and oxygen atoms in total. The van der Waals surface area contributed by atoms with Crippen LogP contribution in [0.1, 0.15) is 52.5 Å². The van der Waals surface area contributed by atoms with Gasteiger partial charge in [0.25, 0.3) is 0 Å². The molecule has 0 bridgehead atoms. The van der Waals surface area contributed by atoms with Crippen LogP contribution in [0.2, 0.25) is 0 Å². The molecule has 1 heterocycles. The molecule has 1 aromatic rings. The van der Waals surface area contributed by atoms with Crippen molar-refractivity contribution in [3.05, 3.63) is 29.8 Å². The summed E-state index contributed by atoms with van der Waals surface area (Å²) < 4.78 is 0. The Morgan fingerprint density at radius 1 is 1.15 bits per heavy atom. The van der Waals surface area contributed by atoms with Gasteiger partial charge in [-0.15, -0.1) is 0 Å². The van der Waals surface area contributed by atoms with Gasteiger partial charge in [-0.25, -0.2) is 0 Å². The monoisotopic (exact) mass is 274 g/mol. The number of benzene rings is 1. The molecule has 1 aliphatic rings. The summed E-state index contributed by atoms with van der Waals surface area (Å²) in [6.45, 7) is 12.4. The van der Waals surface area contributed by atoms with Gasteiger partial charge in [0.15, 0.2) is 0 Å². The Balaban J connectivity index is 2.04. The van der Waals surface area contributed by atoms with Crippen LogP contribution >= 0.6 is 0 Å². The van der Waals surface area contributed by atoms with E-state index in [1.807, 2.05) is 0 Å². The third-order valence-corrected chi connectivity index (χ3v) is 4.33. The van der Waals surface area contributed by atoms with Gasteiger partial charge >= 0.3 is 0 Å². The van der Waals surface area contributed by atoms with Crippen molar-refractivity contribution in [2.24, 2.45) is 5.92 Å². The Hall–Kier alpha value is -1.02. The van der Waals surface area contributed by atoms with Crippen molar-refractivity contribution in [3.8, 4) is 0 Å². The number of para-hydroxylation sites is 1. The minimum Gasteiger partial charge on any atom is -0.371 e. The number of anilines is 1. The van der Waals surface area contributed by atoms with Gasteiger partial charge in [0.2, 0.25) is 0 Å². The lowest BCUT2D eigenvalue weighted by Gasteiger charge is -2.35. The molecule has 0 amide bonds. The van der Waals surface area contributed by atoms with Gasteiger partial charge in [-0.1, -0.05) is 31.5 Å². The normalized spacial score (nSPS) is 17.5. The summed E-state index contributed by atoms with van der Waals surface area (Å²) in [5, 5.41) is 3.61. The molecule has 1 fully saturated rings. The van der Waals surface area contributed by atoms with Crippen LogP contribution in [0, 0.1) is 5.92 Å². The van der Waals surface area contributed by atoms with E-state index in [0.717, 1.165) is 12.5 Å². The molecule has 0 aliphatic carbocycles. The second-order valence-corrected chi connectivity index (χ2v) is 7.07. The largest absolute Gasteiger partial charge is 0.371 e. The van der Waals surface area contributed by atoms with E-state index in [0.29, 0.717) is 0 Å². The molecule has 0 radical (unpaired) electrons. The van der Waals surface area contributed by atoms with E-state index in [2.05, 4.69) is 62.2 Å². The quantitative estimate of drug-likeness (QED) is 0.885. The summed E-state index contributed by atoms with van der Waals surface area (Å²) in [6, 6.07) is 8.87. The molecular weight excluding hydrogens is 244 g/mol. The first kappa shape index (κ1) is 15.4. The molecule has 2 heteroatoms. The highest BCUT2D eigenvalue weighted by Crippen LogP contribution is 2.27. The van der Waals surface area contributed by atoms with Crippen molar-refractivity contribution in [2.75, 3.05) is 18.0 Å². The van der Waals surface area contributed by atoms with Gasteiger partial charge in [-0.05, 0) is 51.2 Å². The number of nitrogens with zero attached hydrogens (tertiary/aromatic N) is 1. The van der Waals surface area contributed by atoms with Gasteiger partial charge in [-0.2, -0.15) is 0 Å². The Morgan fingerprint density at radius 2 is 1.80 bits per heavy atom. The Morgan fingerprint density at radius 3 is 2.40 bits per heavy atom. The maximum atomic E-state index is 3.61. The van der Waals surface area contributed by atoms with E-state index < -0.39 is 0 Å². The molecule has 1 aliphatic heterocycles. The fourth-order valence-corrected chi connectivity index (χ4v) is 2.91. The average molecular weight is 274 g/mol. The number of nitrogens with one attached hydrogen (secondary N) is 1. The fraction of sp³-hybridized carbons (Fsp3) is 0.667. The number of rotatable bonds is 4. The van der Waals surface area contributed by atoms with Crippen LogP contribution in [0.4, 0.5) is 5.69 Å². The van der Waals surface area contributed by atoms with Crippen LogP contribution in [-0.4, -0.2) is 18.6 Å². The van der Waals surface area contributed by atoms with Crippen LogP contribution in [0.15, 0.2) is 24.3 Å². The van der Waals surface area contributed by atoms with E-state index >= 15 is 0 Å². The van der Waals surface area contributed by atoms with Crippen molar-refractivity contribution in [1.82, 2.24) is 5.32 Å². The lowest BCUT2D eigenvalue weighted by Crippen LogP contribution is -2.37. The van der Waals surface area contributed by atoms with E-state index in [9.17, 15) is 0 Å². The first-order valence-electron chi connectivity index (χ1n) is 8.07. The zero-order chi connectivity index (χ0) is 14.6. The molecule has 112 valence electrons. The lowest BCUT2D eigenvalue weighted by atomic mass is 9.93. The molecule has 0 spiro atoms. The summed E-state index contributed by atoms with van der Waals surface area (Å²) in [7, 11) is 0. The predicted octanol–water partition coefficient (Wildman–Crippen LogP) is 4.20. The maximum absolute atomic E-state index is 3.61. The number of hydrogen-bond donors (Lipinski definition) is 1. The van der Waals surface area contributed by atoms with Crippen LogP contribution in [0.25, 0.3) is 0 Å². The topological polar surface area (TPSA) is 15.3 Å². The van der Waals surface area contributed by atoms with Crippen LogP contribution in [-0.2, 0) is 6.54 Å². The molecule has 1 saturated heterocycles. The number of hydrogen-bond acceptors (Lipinski definition) is 2. The zero-order valence-electron chi connectivity index (χ0n) is 13.6. The SMILES string of the molecule is CCC1CCN(c2ccccc2CNC(C)(C)C)CC1. The fourth-order valence-electron chi connectivity index (χ4n) is 2.91. The predicted molar refractivity (Wildman–Crippen MR) is 88.3 cm³/mol. The van der Waals surface area contributed by atoms with Gasteiger partial charge < -0.3 is 10.2 Å². The highest BCUT2D eigenvalue weighted by molar-refractivity contribution is 5.54. The van der Waals surface area contributed by atoms with Crippen molar-refractivity contribution in [3.63, 3.8) is 0 Å². The molecule has 2 rings (SSSR count). The highest BCUT2D eigenvalue weighted by atomic mass is 15.1. The van der Waals surface area contributed by atoms with Crippen LogP contribution < -0.4 is 10.2 Å². The van der Waals surface area contributed by atoms with E-state index in [4.69, 9.17) is 0 Å². The summed E-state index contributed by atoms with van der Waals surface area (Å²) in [5.74, 6) is 0.936. The Bertz CT molecular complexity index is 412. The van der Waals surface area contributed by atoms with Gasteiger partial charge in [-0.3, -0.25) is 0 Å². The maximum Gasteiger partial charge on any atom is 0.0411 e. The highest BCUT2D eigenvalue weighted by Gasteiger charge is 2.20. The Kier molecular flexibility index (Phi) is 5.09. The van der Waals surface area contributed by atoms with Crippen molar-refractivity contribution >= 4 is 5.69 Å². The van der Waals surface area contributed by atoms with E-state index in [1.54, 1.807) is 0 Å². The van der Waals surface area contributed by atoms with Gasteiger partial charge in [0.05, 0.1) is 0 Å². The summed E-state index contributed by atoms with van der Waals surface area (Å²) in [4.78, 5) is 2.58. The van der Waals surface area contributed by atoms with E-state index in [-0.39, 0.29) is 5.54 Å². The molecule has 20 heavy (non-hydrogen) atoms. The second-order valence-electron chi connectivity index (χ2n) is 7.07. The third kappa shape index (κ3) is 4.24. The first-order valence-corrected chi connectivity index (χ1v) is 8.07. The Labute approximate surface area is 124 Å². The van der Waals surface area contributed by atoms with Crippen LogP contribution in [0.3, 0.4) is 0 Å². The summed E-state index contributed by atoms with van der Waals surface area (Å²) in [5.41, 5.74) is 3.03. The molecule has 1 aromatic carbocycles. The molecule has 0 aromatic heterocycles. The summed E-state index contributed by atoms with van der Waals surface area (Å²) in [6.07, 6.45) is 4.02. The van der Waals surface area contributed by atoms with Gasteiger partial charge in [0, 0.05) is 30.9 Å². The molecule has 0 saturated carbocycles. The van der Waals surface area contributed by atoms with Gasteiger partial charge in [0.1, 0.15) is 0 Å². The van der Waals surface area contributed by atoms with Crippen LogP contribution in [0.5, 0.6) is 0 Å². The summed E-state index contributed by atoms with van der Waals surface area (Å²) >= 11 is 0. The van der Waals surface area contributed by atoms with Crippen molar-refractivity contribution in [1.29, 1.82) is 0 Å². The smallest absolute Gasteiger partial charge is 0.0411 e. The third-order valence-electron chi connectivity index (χ3n) is 4.33. The average Bonchev–Trinajstić information content (AvgIpc) is 2.45. The van der Waals surface area contributed by atoms with Crippen molar-refractivity contribution < 1.29 is 0 Å². The molecule has 0 atom stereocenters. The standard InChI is InChI=1S/C18H30N2/c1-5-15-10-12-20(13-11-15)17-9-7-6-8-16(17)14-19-18(2,3)4/h6-9,15,19H,5,10-14H2,1-4H3. The molecule has 1 N–H and O–H groups in total. The van der Waals surface area contributed by atoms with E-state index in [1.165, 1.54) is 43.6 Å². The number of piperidine rings is 1. The minimum atomic E-state index is 0.169. The minimum absolute atomic E-state index is 0.169. The molecule has 0 unspecified atom stereocenters. The second kappa shape index (κ2) is 6.62.